The van der Waals surface area contributed by atoms with E-state index >= 15 is 0 Å². The molecule has 0 saturated carbocycles. The van der Waals surface area contributed by atoms with Gasteiger partial charge in [0.05, 0.1) is 0 Å². The Bertz CT molecular complexity index is 710. The van der Waals surface area contributed by atoms with E-state index in [9.17, 15) is 5.11 Å². The molecule has 5 nitrogen and oxygen atoms in total. The summed E-state index contributed by atoms with van der Waals surface area (Å²) in [6, 6.07) is 12.8. The number of aliphatic imine (C=N–C) groups is 1. The van der Waals surface area contributed by atoms with E-state index in [2.05, 4.69) is 18.8 Å². The maximum atomic E-state index is 10.3. The average molecular weight is 326 g/mol. The number of rotatable bonds is 6. The topological polar surface area (TPSA) is 111 Å². The lowest BCUT2D eigenvalue weighted by molar-refractivity contribution is 0.188. The summed E-state index contributed by atoms with van der Waals surface area (Å²) in [5, 5.41) is 10.3. The van der Waals surface area contributed by atoms with Crippen LogP contribution in [0.3, 0.4) is 0 Å². The van der Waals surface area contributed by atoms with Crippen LogP contribution in [-0.4, -0.2) is 10.9 Å². The molecule has 0 heterocycles. The van der Waals surface area contributed by atoms with E-state index in [1.165, 1.54) is 5.56 Å². The molecule has 24 heavy (non-hydrogen) atoms. The van der Waals surface area contributed by atoms with Gasteiger partial charge >= 0.3 is 0 Å². The Labute approximate surface area is 143 Å². The van der Waals surface area contributed by atoms with Gasteiger partial charge in [-0.3, -0.25) is 0 Å². The molecule has 0 spiro atoms. The van der Waals surface area contributed by atoms with Gasteiger partial charge in [0.15, 0.2) is 6.23 Å². The zero-order valence-electron chi connectivity index (χ0n) is 14.2. The van der Waals surface area contributed by atoms with Crippen LogP contribution < -0.4 is 17.2 Å². The normalized spacial score (nSPS) is 14.4. The molecule has 2 rings (SSSR count). The van der Waals surface area contributed by atoms with E-state index in [1.807, 2.05) is 24.3 Å². The summed E-state index contributed by atoms with van der Waals surface area (Å²) in [6.07, 6.45) is 1.13. The lowest BCUT2D eigenvalue weighted by Gasteiger charge is -2.12. The maximum absolute atomic E-state index is 10.3. The molecule has 0 amide bonds. The Morgan fingerprint density at radius 1 is 1.12 bits per heavy atom. The molecule has 128 valence electrons. The van der Waals surface area contributed by atoms with E-state index < -0.39 is 6.23 Å². The Morgan fingerprint density at radius 2 is 1.79 bits per heavy atom. The van der Waals surface area contributed by atoms with Crippen molar-refractivity contribution in [2.45, 2.75) is 32.9 Å². The van der Waals surface area contributed by atoms with Crippen molar-refractivity contribution in [1.29, 1.82) is 0 Å². The summed E-state index contributed by atoms with van der Waals surface area (Å²) < 4.78 is 0. The van der Waals surface area contributed by atoms with Gasteiger partial charge in [-0.2, -0.15) is 0 Å². The predicted molar refractivity (Wildman–Crippen MR) is 101 cm³/mol. The summed E-state index contributed by atoms with van der Waals surface area (Å²) in [5.41, 5.74) is 21.1. The minimum Gasteiger partial charge on any atom is -0.399 e. The first-order valence-electron chi connectivity index (χ1n) is 8.16. The van der Waals surface area contributed by atoms with Crippen LogP contribution in [-0.2, 0) is 6.42 Å². The van der Waals surface area contributed by atoms with Crippen LogP contribution in [0.2, 0.25) is 0 Å². The van der Waals surface area contributed by atoms with Crippen LogP contribution >= 0.6 is 0 Å². The fourth-order valence-electron chi connectivity index (χ4n) is 2.44. The Balaban J connectivity index is 2.16. The predicted octanol–water partition coefficient (Wildman–Crippen LogP) is 2.84. The van der Waals surface area contributed by atoms with Crippen molar-refractivity contribution in [3.8, 4) is 0 Å². The van der Waals surface area contributed by atoms with Gasteiger partial charge in [-0.25, -0.2) is 4.99 Å². The second-order valence-electron chi connectivity index (χ2n) is 6.19. The number of nitrogen functional groups attached to an aromatic ring is 2. The average Bonchev–Trinajstić information content (AvgIpc) is 2.57. The molecule has 0 aliphatic carbocycles. The molecule has 7 N–H and O–H groups in total. The fraction of sp³-hybridized carbons (Fsp3) is 0.316. The van der Waals surface area contributed by atoms with E-state index in [1.54, 1.807) is 18.2 Å². The Kier molecular flexibility index (Phi) is 5.82. The van der Waals surface area contributed by atoms with Gasteiger partial charge in [0.25, 0.3) is 0 Å². The van der Waals surface area contributed by atoms with Crippen molar-refractivity contribution in [1.82, 2.24) is 0 Å². The van der Waals surface area contributed by atoms with Crippen LogP contribution in [0.15, 0.2) is 47.5 Å². The number of hydrogen-bond acceptors (Lipinski definition) is 4. The Hall–Kier alpha value is -2.53. The first kappa shape index (κ1) is 17.8. The summed E-state index contributed by atoms with van der Waals surface area (Å²) in [5.74, 6) is 0.803. The first-order valence-corrected chi connectivity index (χ1v) is 8.16. The van der Waals surface area contributed by atoms with E-state index in [0.717, 1.165) is 12.8 Å². The molecule has 0 fully saturated rings. The molecule has 2 aromatic rings. The number of benzene rings is 2. The van der Waals surface area contributed by atoms with Gasteiger partial charge in [0.1, 0.15) is 5.84 Å². The molecule has 2 atom stereocenters. The molecule has 0 aliphatic heterocycles. The van der Waals surface area contributed by atoms with Gasteiger partial charge in [-0.15, -0.1) is 0 Å². The molecule has 0 bridgehead atoms. The van der Waals surface area contributed by atoms with Crippen molar-refractivity contribution >= 4 is 17.2 Å². The molecule has 0 aliphatic rings. The second kappa shape index (κ2) is 7.84. The molecule has 2 aromatic carbocycles. The summed E-state index contributed by atoms with van der Waals surface area (Å²) in [4.78, 5) is 4.14. The highest BCUT2D eigenvalue weighted by Crippen LogP contribution is 2.20. The molecule has 2 unspecified atom stereocenters. The third-order valence-corrected chi connectivity index (χ3v) is 4.17. The van der Waals surface area contributed by atoms with Crippen LogP contribution in [0.5, 0.6) is 0 Å². The van der Waals surface area contributed by atoms with E-state index in [4.69, 9.17) is 17.2 Å². The molecule has 0 saturated heterocycles. The molecule has 0 aromatic heterocycles. The number of hydrogen-bond donors (Lipinski definition) is 4. The maximum Gasteiger partial charge on any atom is 0.173 e. The minimum absolute atomic E-state index is 0.163. The van der Waals surface area contributed by atoms with Gasteiger partial charge in [0.2, 0.25) is 0 Å². The van der Waals surface area contributed by atoms with Gasteiger partial charge in [0, 0.05) is 22.5 Å². The zero-order valence-corrected chi connectivity index (χ0v) is 14.2. The zero-order chi connectivity index (χ0) is 17.7. The lowest BCUT2D eigenvalue weighted by Crippen LogP contribution is -2.17. The van der Waals surface area contributed by atoms with Gasteiger partial charge < -0.3 is 22.3 Å². The largest absolute Gasteiger partial charge is 0.399 e. The van der Waals surface area contributed by atoms with Crippen LogP contribution in [0.25, 0.3) is 0 Å². The third kappa shape index (κ3) is 4.49. The highest BCUT2D eigenvalue weighted by molar-refractivity contribution is 6.02. The summed E-state index contributed by atoms with van der Waals surface area (Å²) in [7, 11) is 0. The number of anilines is 2. The van der Waals surface area contributed by atoms with Crippen LogP contribution in [0.1, 0.15) is 43.2 Å². The third-order valence-electron chi connectivity index (χ3n) is 4.17. The van der Waals surface area contributed by atoms with Crippen LogP contribution in [0, 0.1) is 5.92 Å². The van der Waals surface area contributed by atoms with E-state index in [0.29, 0.717) is 28.4 Å². The number of nitrogens with two attached hydrogens (primary N) is 3. The van der Waals surface area contributed by atoms with Gasteiger partial charge in [-0.1, -0.05) is 44.5 Å². The number of aliphatic hydroxyl groups is 1. The first-order chi connectivity index (χ1) is 11.4. The SMILES string of the molecule is CCC(C)Cc1ccc(C(O)/N=C(\N)c2cc(N)ccc2N)cc1. The minimum atomic E-state index is -1.04. The summed E-state index contributed by atoms with van der Waals surface area (Å²) in [6.45, 7) is 4.41. The van der Waals surface area contributed by atoms with E-state index in [-0.39, 0.29) is 5.84 Å². The number of nitrogens with zero attached hydrogens (tertiary/aromatic N) is 1. The van der Waals surface area contributed by atoms with Crippen molar-refractivity contribution in [3.05, 3.63) is 59.2 Å². The second-order valence-corrected chi connectivity index (χ2v) is 6.19. The highest BCUT2D eigenvalue weighted by atomic mass is 16.3. The lowest BCUT2D eigenvalue weighted by atomic mass is 9.98. The highest BCUT2D eigenvalue weighted by Gasteiger charge is 2.10. The molecular weight excluding hydrogens is 300 g/mol. The number of amidine groups is 1. The van der Waals surface area contributed by atoms with Crippen molar-refractivity contribution in [2.75, 3.05) is 11.5 Å². The smallest absolute Gasteiger partial charge is 0.173 e. The van der Waals surface area contributed by atoms with Gasteiger partial charge in [-0.05, 0) is 36.1 Å². The van der Waals surface area contributed by atoms with Crippen molar-refractivity contribution in [2.24, 2.45) is 16.6 Å². The fourth-order valence-corrected chi connectivity index (χ4v) is 2.44. The quantitative estimate of drug-likeness (QED) is 0.371. The summed E-state index contributed by atoms with van der Waals surface area (Å²) >= 11 is 0. The van der Waals surface area contributed by atoms with Crippen molar-refractivity contribution < 1.29 is 5.11 Å². The Morgan fingerprint density at radius 3 is 2.42 bits per heavy atom. The van der Waals surface area contributed by atoms with Crippen molar-refractivity contribution in [3.63, 3.8) is 0 Å². The molecule has 0 radical (unpaired) electrons. The molecule has 5 heteroatoms. The molecular formula is C19H26N4O. The standard InChI is InChI=1S/C19H26N4O/c1-3-12(2)10-13-4-6-14(7-5-13)19(24)23-18(22)16-11-15(20)8-9-17(16)21/h4-9,11-12,19,24H,3,10,20-21H2,1-2H3,(H2,22,23). The monoisotopic (exact) mass is 326 g/mol. The number of aliphatic hydroxyl groups excluding tert-OH is 1. The van der Waals surface area contributed by atoms with Crippen LogP contribution in [0.4, 0.5) is 11.4 Å².